The van der Waals surface area contributed by atoms with Crippen LogP contribution in [0, 0.1) is 34.0 Å². The summed E-state index contributed by atoms with van der Waals surface area (Å²) in [5.41, 5.74) is 3.00. The van der Waals surface area contributed by atoms with Crippen LogP contribution < -0.4 is 0 Å². The fraction of sp³-hybridized carbons (Fsp3) is 0.118. The average Bonchev–Trinajstić information content (AvgIpc) is 2.53. The first-order valence-electron chi connectivity index (χ1n) is 6.15. The molecule has 0 amide bonds. The van der Waals surface area contributed by atoms with Crippen molar-refractivity contribution >= 4 is 0 Å². The van der Waals surface area contributed by atoms with Crippen molar-refractivity contribution in [3.8, 4) is 18.2 Å². The van der Waals surface area contributed by atoms with E-state index in [1.807, 2.05) is 18.2 Å². The van der Waals surface area contributed by atoms with Crippen molar-refractivity contribution in [2.24, 2.45) is 0 Å². The Morgan fingerprint density at radius 3 is 2.15 bits per heavy atom. The van der Waals surface area contributed by atoms with E-state index < -0.39 is 0 Å². The molecular formula is C17H11N3. The second-order valence-electron chi connectivity index (χ2n) is 4.43. The Morgan fingerprint density at radius 1 is 0.850 bits per heavy atom. The average molecular weight is 257 g/mol. The normalized spacial score (nSPS) is 10.8. The van der Waals surface area contributed by atoms with Gasteiger partial charge in [0.15, 0.2) is 0 Å². The molecular weight excluding hydrogens is 246 g/mol. The van der Waals surface area contributed by atoms with Crippen molar-refractivity contribution in [1.29, 1.82) is 15.8 Å². The SMILES string of the molecule is N#Cc1ccc(CC(C#N)c2cccc(C#N)c2)cc1. The third-order valence-electron chi connectivity index (χ3n) is 3.10. The molecule has 94 valence electrons. The highest BCUT2D eigenvalue weighted by molar-refractivity contribution is 5.38. The number of hydrogen-bond acceptors (Lipinski definition) is 3. The van der Waals surface area contributed by atoms with Crippen molar-refractivity contribution in [2.75, 3.05) is 0 Å². The van der Waals surface area contributed by atoms with Crippen LogP contribution >= 0.6 is 0 Å². The molecule has 2 aromatic rings. The second kappa shape index (κ2) is 6.19. The Kier molecular flexibility index (Phi) is 4.13. The van der Waals surface area contributed by atoms with Gasteiger partial charge in [0.1, 0.15) is 0 Å². The number of nitrogens with zero attached hydrogens (tertiary/aromatic N) is 3. The fourth-order valence-corrected chi connectivity index (χ4v) is 2.01. The van der Waals surface area contributed by atoms with Crippen molar-refractivity contribution in [3.63, 3.8) is 0 Å². The number of hydrogen-bond donors (Lipinski definition) is 0. The summed E-state index contributed by atoms with van der Waals surface area (Å²) >= 11 is 0. The summed E-state index contributed by atoms with van der Waals surface area (Å²) in [7, 11) is 0. The van der Waals surface area contributed by atoms with Crippen molar-refractivity contribution in [3.05, 3.63) is 70.8 Å². The van der Waals surface area contributed by atoms with Gasteiger partial charge in [0.05, 0.1) is 35.3 Å². The third-order valence-corrected chi connectivity index (χ3v) is 3.10. The highest BCUT2D eigenvalue weighted by atomic mass is 14.3. The quantitative estimate of drug-likeness (QED) is 0.847. The van der Waals surface area contributed by atoms with E-state index in [1.165, 1.54) is 0 Å². The fourth-order valence-electron chi connectivity index (χ4n) is 2.01. The zero-order valence-electron chi connectivity index (χ0n) is 10.7. The molecule has 0 N–H and O–H groups in total. The number of rotatable bonds is 3. The van der Waals surface area contributed by atoms with E-state index in [2.05, 4.69) is 18.2 Å². The maximum absolute atomic E-state index is 9.32. The van der Waals surface area contributed by atoms with Crippen LogP contribution in [0.2, 0.25) is 0 Å². The van der Waals surface area contributed by atoms with Gasteiger partial charge < -0.3 is 0 Å². The molecule has 0 radical (unpaired) electrons. The van der Waals surface area contributed by atoms with Crippen LogP contribution in [0.1, 0.15) is 28.2 Å². The van der Waals surface area contributed by atoms with E-state index in [1.54, 1.807) is 30.3 Å². The topological polar surface area (TPSA) is 71.4 Å². The minimum absolute atomic E-state index is 0.295. The van der Waals surface area contributed by atoms with Crippen LogP contribution in [-0.2, 0) is 6.42 Å². The van der Waals surface area contributed by atoms with Crippen molar-refractivity contribution in [2.45, 2.75) is 12.3 Å². The second-order valence-corrected chi connectivity index (χ2v) is 4.43. The largest absolute Gasteiger partial charge is 0.198 e. The first kappa shape index (κ1) is 13.3. The standard InChI is InChI=1S/C17H11N3/c18-10-14-6-4-13(5-7-14)8-17(12-20)16-3-1-2-15(9-16)11-19/h1-7,9,17H,8H2. The molecule has 0 heterocycles. The molecule has 0 saturated heterocycles. The minimum atomic E-state index is -0.295. The van der Waals surface area contributed by atoms with Gasteiger partial charge in [-0.05, 0) is 41.8 Å². The van der Waals surface area contributed by atoms with E-state index in [4.69, 9.17) is 10.5 Å². The summed E-state index contributed by atoms with van der Waals surface area (Å²) in [5.74, 6) is -0.295. The van der Waals surface area contributed by atoms with Crippen LogP contribution in [0.25, 0.3) is 0 Å². The first-order valence-corrected chi connectivity index (χ1v) is 6.15. The molecule has 3 nitrogen and oxygen atoms in total. The molecule has 0 saturated carbocycles. The summed E-state index contributed by atoms with van der Waals surface area (Å²) < 4.78 is 0. The monoisotopic (exact) mass is 257 g/mol. The van der Waals surface area contributed by atoms with Crippen molar-refractivity contribution in [1.82, 2.24) is 0 Å². The Labute approximate surface area is 117 Å². The summed E-state index contributed by atoms with van der Waals surface area (Å²) in [5, 5.41) is 27.0. The van der Waals surface area contributed by atoms with Gasteiger partial charge in [0.2, 0.25) is 0 Å². The molecule has 0 fully saturated rings. The molecule has 2 rings (SSSR count). The van der Waals surface area contributed by atoms with Gasteiger partial charge >= 0.3 is 0 Å². The zero-order valence-corrected chi connectivity index (χ0v) is 10.7. The highest BCUT2D eigenvalue weighted by Crippen LogP contribution is 2.21. The molecule has 20 heavy (non-hydrogen) atoms. The highest BCUT2D eigenvalue weighted by Gasteiger charge is 2.12. The molecule has 0 aromatic heterocycles. The molecule has 0 aliphatic rings. The third kappa shape index (κ3) is 3.02. The Bertz CT molecular complexity index is 725. The van der Waals surface area contributed by atoms with Crippen LogP contribution in [0.15, 0.2) is 48.5 Å². The first-order chi connectivity index (χ1) is 9.76. The van der Waals surface area contributed by atoms with Crippen LogP contribution in [0.3, 0.4) is 0 Å². The maximum atomic E-state index is 9.32. The van der Waals surface area contributed by atoms with E-state index in [9.17, 15) is 5.26 Å². The Balaban J connectivity index is 2.23. The van der Waals surface area contributed by atoms with E-state index >= 15 is 0 Å². The lowest BCUT2D eigenvalue weighted by atomic mass is 9.92. The Hall–Kier alpha value is -3.09. The predicted octanol–water partition coefficient (Wildman–Crippen LogP) is 3.28. The minimum Gasteiger partial charge on any atom is -0.198 e. The molecule has 0 bridgehead atoms. The van der Waals surface area contributed by atoms with Gasteiger partial charge in [0, 0.05) is 0 Å². The molecule has 1 unspecified atom stereocenters. The van der Waals surface area contributed by atoms with Crippen molar-refractivity contribution < 1.29 is 0 Å². The summed E-state index contributed by atoms with van der Waals surface area (Å²) in [6, 6.07) is 20.7. The molecule has 0 spiro atoms. The van der Waals surface area contributed by atoms with Gasteiger partial charge in [-0.2, -0.15) is 15.8 Å². The summed E-state index contributed by atoms with van der Waals surface area (Å²) in [6.07, 6.45) is 0.567. The summed E-state index contributed by atoms with van der Waals surface area (Å²) in [4.78, 5) is 0. The molecule has 3 heteroatoms. The van der Waals surface area contributed by atoms with Gasteiger partial charge in [-0.1, -0.05) is 24.3 Å². The predicted molar refractivity (Wildman–Crippen MR) is 74.4 cm³/mol. The lowest BCUT2D eigenvalue weighted by Gasteiger charge is -2.10. The van der Waals surface area contributed by atoms with Gasteiger partial charge in [0.25, 0.3) is 0 Å². The number of benzene rings is 2. The lowest BCUT2D eigenvalue weighted by molar-refractivity contribution is 0.848. The van der Waals surface area contributed by atoms with E-state index in [-0.39, 0.29) is 5.92 Å². The van der Waals surface area contributed by atoms with E-state index in [0.717, 1.165) is 11.1 Å². The maximum Gasteiger partial charge on any atom is 0.0991 e. The van der Waals surface area contributed by atoms with Gasteiger partial charge in [-0.3, -0.25) is 0 Å². The Morgan fingerprint density at radius 2 is 1.55 bits per heavy atom. The van der Waals surface area contributed by atoms with Crippen LogP contribution in [-0.4, -0.2) is 0 Å². The molecule has 2 aromatic carbocycles. The van der Waals surface area contributed by atoms with Crippen LogP contribution in [0.5, 0.6) is 0 Å². The number of nitriles is 3. The molecule has 0 aliphatic carbocycles. The zero-order chi connectivity index (χ0) is 14.4. The lowest BCUT2D eigenvalue weighted by Crippen LogP contribution is -2.01. The van der Waals surface area contributed by atoms with Crippen LogP contribution in [0.4, 0.5) is 0 Å². The summed E-state index contributed by atoms with van der Waals surface area (Å²) in [6.45, 7) is 0. The molecule has 0 aliphatic heterocycles. The van der Waals surface area contributed by atoms with E-state index in [0.29, 0.717) is 17.5 Å². The smallest absolute Gasteiger partial charge is 0.0991 e. The van der Waals surface area contributed by atoms with Gasteiger partial charge in [-0.25, -0.2) is 0 Å². The molecule has 1 atom stereocenters. The van der Waals surface area contributed by atoms with Gasteiger partial charge in [-0.15, -0.1) is 0 Å².